The van der Waals surface area contributed by atoms with Crippen molar-refractivity contribution in [2.24, 2.45) is 0 Å². The van der Waals surface area contributed by atoms with E-state index < -0.39 is 55.9 Å². The van der Waals surface area contributed by atoms with E-state index in [1.165, 1.54) is 0 Å². The van der Waals surface area contributed by atoms with Crippen LogP contribution >= 0.6 is 0 Å². The molecule has 11 heteroatoms. The van der Waals surface area contributed by atoms with Gasteiger partial charge in [0.05, 0.1) is 36.9 Å². The first-order chi connectivity index (χ1) is 11.7. The third-order valence-corrected chi connectivity index (χ3v) is 3.68. The number of hydrogen-bond acceptors (Lipinski definition) is 11. The second kappa shape index (κ2) is 10.0. The normalized spacial score (nSPS) is 20.4. The van der Waals surface area contributed by atoms with Crippen LogP contribution < -0.4 is 0 Å². The largest absolute Gasteiger partial charge is 0.394 e. The molecule has 0 saturated heterocycles. The monoisotopic (exact) mass is 364 g/mol. The van der Waals surface area contributed by atoms with E-state index in [0.717, 1.165) is 12.4 Å². The van der Waals surface area contributed by atoms with Crippen molar-refractivity contribution < 1.29 is 46.0 Å². The number of rotatable bonds is 10. The van der Waals surface area contributed by atoms with Gasteiger partial charge in [-0.15, -0.1) is 0 Å². The lowest BCUT2D eigenvalue weighted by Gasteiger charge is -2.25. The fourth-order valence-corrected chi connectivity index (χ4v) is 2.02. The van der Waals surface area contributed by atoms with Crippen LogP contribution in [0.25, 0.3) is 0 Å². The zero-order valence-corrected chi connectivity index (χ0v) is 13.2. The van der Waals surface area contributed by atoms with Gasteiger partial charge in [-0.25, -0.2) is 0 Å². The highest BCUT2D eigenvalue weighted by atomic mass is 16.4. The van der Waals surface area contributed by atoms with Crippen LogP contribution in [0.2, 0.25) is 0 Å². The number of nitrogens with zero attached hydrogens (tertiary/aromatic N) is 2. The molecule has 11 nitrogen and oxygen atoms in total. The van der Waals surface area contributed by atoms with Gasteiger partial charge in [-0.2, -0.15) is 0 Å². The molecule has 0 unspecified atom stereocenters. The summed E-state index contributed by atoms with van der Waals surface area (Å²) >= 11 is 0. The minimum Gasteiger partial charge on any atom is -0.394 e. The molecule has 1 aromatic rings. The van der Waals surface area contributed by atoms with Gasteiger partial charge in [-0.3, -0.25) is 9.97 Å². The summed E-state index contributed by atoms with van der Waals surface area (Å²) in [6, 6.07) is 0. The Kier molecular flexibility index (Phi) is 8.71. The van der Waals surface area contributed by atoms with E-state index in [0.29, 0.717) is 0 Å². The van der Waals surface area contributed by atoms with Crippen molar-refractivity contribution in [1.82, 2.24) is 9.97 Å². The van der Waals surface area contributed by atoms with E-state index in [9.17, 15) is 35.7 Å². The van der Waals surface area contributed by atoms with Crippen LogP contribution in [-0.4, -0.2) is 106 Å². The molecule has 1 rings (SSSR count). The number of hydrogen-bond donors (Lipinski definition) is 9. The van der Waals surface area contributed by atoms with Crippen LogP contribution in [0.1, 0.15) is 17.5 Å². The summed E-state index contributed by atoms with van der Waals surface area (Å²) in [5, 5.41) is 84.5. The molecule has 9 N–H and O–H groups in total. The molecule has 0 aliphatic carbocycles. The maximum atomic E-state index is 9.91. The highest BCUT2D eigenvalue weighted by Crippen LogP contribution is 2.18. The van der Waals surface area contributed by atoms with Crippen molar-refractivity contribution in [2.45, 2.75) is 49.1 Å². The fraction of sp³-hybridized carbons (Fsp3) is 0.714. The Balaban J connectivity index is 2.72. The molecule has 0 aromatic carbocycles. The van der Waals surface area contributed by atoms with Gasteiger partial charge in [0.2, 0.25) is 0 Å². The van der Waals surface area contributed by atoms with Gasteiger partial charge in [0.25, 0.3) is 0 Å². The lowest BCUT2D eigenvalue weighted by molar-refractivity contribution is -0.117. The van der Waals surface area contributed by atoms with E-state index in [4.69, 9.17) is 10.2 Å². The Morgan fingerprint density at radius 1 is 0.680 bits per heavy atom. The van der Waals surface area contributed by atoms with Crippen LogP contribution in [0, 0.1) is 0 Å². The van der Waals surface area contributed by atoms with E-state index in [2.05, 4.69) is 9.97 Å². The number of aliphatic hydroxyl groups excluding tert-OH is 9. The molecular formula is C14H24N2O9. The number of aromatic nitrogens is 2. The second-order valence-corrected chi connectivity index (χ2v) is 5.62. The molecule has 0 spiro atoms. The van der Waals surface area contributed by atoms with Crippen molar-refractivity contribution in [3.63, 3.8) is 0 Å². The molecule has 0 fully saturated rings. The zero-order valence-electron chi connectivity index (χ0n) is 13.2. The first-order valence-electron chi connectivity index (χ1n) is 7.51. The van der Waals surface area contributed by atoms with Gasteiger partial charge >= 0.3 is 0 Å². The fourth-order valence-electron chi connectivity index (χ4n) is 2.02. The molecule has 0 saturated carbocycles. The summed E-state index contributed by atoms with van der Waals surface area (Å²) in [6.07, 6.45) is -9.49. The molecule has 1 heterocycles. The molecule has 0 bridgehead atoms. The standard InChI is InChI=1S/C14H24N2O9/c17-4-9(20)12(23)8(19)1-6-2-16-7(3-15-6)11(22)14(25)13(24)10(21)5-18/h2-3,8-14,17-25H,1,4-5H2/t8-,9+,10+,11-,12+,13-,14-/m0/s1. The minimum atomic E-state index is -1.82. The first-order valence-corrected chi connectivity index (χ1v) is 7.51. The summed E-state index contributed by atoms with van der Waals surface area (Å²) in [5.74, 6) is 0. The molecule has 7 atom stereocenters. The molecule has 1 aromatic heterocycles. The van der Waals surface area contributed by atoms with Gasteiger partial charge < -0.3 is 46.0 Å². The lowest BCUT2D eigenvalue weighted by atomic mass is 10.0. The predicted octanol–water partition coefficient (Wildman–Crippen LogP) is -4.80. The van der Waals surface area contributed by atoms with Crippen LogP contribution in [0.15, 0.2) is 12.4 Å². The van der Waals surface area contributed by atoms with Gasteiger partial charge in [-0.05, 0) is 0 Å². The highest BCUT2D eigenvalue weighted by molar-refractivity contribution is 5.08. The summed E-state index contributed by atoms with van der Waals surface area (Å²) in [6.45, 7) is -1.54. The Hall–Kier alpha value is -1.28. The van der Waals surface area contributed by atoms with Crippen LogP contribution in [0.4, 0.5) is 0 Å². The molecule has 0 amide bonds. The maximum absolute atomic E-state index is 9.91. The van der Waals surface area contributed by atoms with Crippen molar-refractivity contribution in [2.75, 3.05) is 13.2 Å². The van der Waals surface area contributed by atoms with Crippen molar-refractivity contribution in [3.8, 4) is 0 Å². The summed E-state index contributed by atoms with van der Waals surface area (Å²) in [5.41, 5.74) is 0.0592. The average Bonchev–Trinajstić information content (AvgIpc) is 2.64. The lowest BCUT2D eigenvalue weighted by Crippen LogP contribution is -2.43. The van der Waals surface area contributed by atoms with E-state index >= 15 is 0 Å². The Labute approximate surface area is 143 Å². The third-order valence-electron chi connectivity index (χ3n) is 3.68. The van der Waals surface area contributed by atoms with Gasteiger partial charge in [0.15, 0.2) is 0 Å². The zero-order chi connectivity index (χ0) is 19.1. The Morgan fingerprint density at radius 3 is 1.72 bits per heavy atom. The predicted molar refractivity (Wildman–Crippen MR) is 80.9 cm³/mol. The third kappa shape index (κ3) is 5.88. The minimum absolute atomic E-state index is 0.133. The molecule has 0 aliphatic rings. The first kappa shape index (κ1) is 21.8. The summed E-state index contributed by atoms with van der Waals surface area (Å²) in [7, 11) is 0. The molecule has 0 radical (unpaired) electrons. The van der Waals surface area contributed by atoms with Crippen LogP contribution in [0.3, 0.4) is 0 Å². The Morgan fingerprint density at radius 2 is 1.24 bits per heavy atom. The van der Waals surface area contributed by atoms with E-state index in [1.54, 1.807) is 0 Å². The highest BCUT2D eigenvalue weighted by Gasteiger charge is 2.32. The topological polar surface area (TPSA) is 208 Å². The SMILES string of the molecule is OC[C@@H](O)[C@H](O)[C@@H](O)[C@@H](O)c1cnc(C[C@H](O)[C@@H](O)[C@H](O)CO)cn1. The van der Waals surface area contributed by atoms with E-state index in [-0.39, 0.29) is 17.8 Å². The molecule has 0 aliphatic heterocycles. The number of aliphatic hydroxyl groups is 9. The summed E-state index contributed by atoms with van der Waals surface area (Å²) < 4.78 is 0. The summed E-state index contributed by atoms with van der Waals surface area (Å²) in [4.78, 5) is 7.68. The van der Waals surface area contributed by atoms with Crippen molar-refractivity contribution in [3.05, 3.63) is 23.8 Å². The van der Waals surface area contributed by atoms with Gasteiger partial charge in [0.1, 0.15) is 36.6 Å². The van der Waals surface area contributed by atoms with Crippen molar-refractivity contribution in [1.29, 1.82) is 0 Å². The van der Waals surface area contributed by atoms with Gasteiger partial charge in [-0.1, -0.05) is 0 Å². The van der Waals surface area contributed by atoms with Crippen LogP contribution in [0.5, 0.6) is 0 Å². The quantitative estimate of drug-likeness (QED) is 0.192. The molecule has 25 heavy (non-hydrogen) atoms. The van der Waals surface area contributed by atoms with Crippen molar-refractivity contribution >= 4 is 0 Å². The van der Waals surface area contributed by atoms with Crippen LogP contribution in [-0.2, 0) is 6.42 Å². The maximum Gasteiger partial charge on any atom is 0.126 e. The second-order valence-electron chi connectivity index (χ2n) is 5.62. The molecule has 144 valence electrons. The molecular weight excluding hydrogens is 340 g/mol. The average molecular weight is 364 g/mol. The van der Waals surface area contributed by atoms with Gasteiger partial charge in [0, 0.05) is 12.6 Å². The van der Waals surface area contributed by atoms with E-state index in [1.807, 2.05) is 0 Å². The smallest absolute Gasteiger partial charge is 0.126 e. The Bertz CT molecular complexity index is 504.